The SMILES string of the molecule is CC(C)OC(=O)OCOC(=O)CCC(CP(=O)(O)O)C(=O)O. The molecule has 10 nitrogen and oxygen atoms in total. The molecule has 0 spiro atoms. The number of rotatable bonds is 9. The van der Waals surface area contributed by atoms with Gasteiger partial charge in [-0.1, -0.05) is 0 Å². The molecule has 11 heteroatoms. The van der Waals surface area contributed by atoms with Crippen LogP contribution in [0, 0.1) is 5.92 Å². The Kier molecular flexibility index (Phi) is 8.69. The number of carboxylic acids is 1. The monoisotopic (exact) mass is 342 g/mol. The van der Waals surface area contributed by atoms with Crippen LogP contribution >= 0.6 is 7.60 Å². The van der Waals surface area contributed by atoms with Crippen molar-refractivity contribution < 1.29 is 48.1 Å². The molecule has 0 aromatic rings. The number of carbonyl (C=O) groups excluding carboxylic acids is 2. The lowest BCUT2D eigenvalue weighted by Crippen LogP contribution is -2.21. The molecule has 22 heavy (non-hydrogen) atoms. The number of hydrogen-bond donors (Lipinski definition) is 3. The molecular weight excluding hydrogens is 323 g/mol. The van der Waals surface area contributed by atoms with E-state index in [4.69, 9.17) is 14.9 Å². The van der Waals surface area contributed by atoms with Crippen LogP contribution in [0.2, 0.25) is 0 Å². The van der Waals surface area contributed by atoms with Crippen LogP contribution in [0.4, 0.5) is 4.79 Å². The highest BCUT2D eigenvalue weighted by atomic mass is 31.2. The van der Waals surface area contributed by atoms with Gasteiger partial charge in [0.05, 0.1) is 18.2 Å². The molecule has 0 aromatic heterocycles. The summed E-state index contributed by atoms with van der Waals surface area (Å²) in [6, 6.07) is 0. The third-order valence-electron chi connectivity index (χ3n) is 2.23. The molecule has 0 saturated carbocycles. The van der Waals surface area contributed by atoms with Crippen LogP contribution in [-0.2, 0) is 28.4 Å². The van der Waals surface area contributed by atoms with Crippen molar-refractivity contribution in [2.24, 2.45) is 5.92 Å². The largest absolute Gasteiger partial charge is 0.511 e. The minimum Gasteiger partial charge on any atom is -0.481 e. The summed E-state index contributed by atoms with van der Waals surface area (Å²) < 4.78 is 24.3. The van der Waals surface area contributed by atoms with Crippen LogP contribution in [0.15, 0.2) is 0 Å². The summed E-state index contributed by atoms with van der Waals surface area (Å²) in [5.41, 5.74) is 0. The van der Waals surface area contributed by atoms with Gasteiger partial charge in [-0.25, -0.2) is 4.79 Å². The zero-order valence-corrected chi connectivity index (χ0v) is 13.0. The second-order valence-electron chi connectivity index (χ2n) is 4.62. The number of aliphatic carboxylic acids is 1. The van der Waals surface area contributed by atoms with E-state index in [2.05, 4.69) is 14.2 Å². The molecular formula is C11H19O10P. The van der Waals surface area contributed by atoms with E-state index in [1.54, 1.807) is 13.8 Å². The topological polar surface area (TPSA) is 157 Å². The van der Waals surface area contributed by atoms with Crippen molar-refractivity contribution in [1.29, 1.82) is 0 Å². The predicted molar refractivity (Wildman–Crippen MR) is 70.9 cm³/mol. The lowest BCUT2D eigenvalue weighted by Gasteiger charge is -2.13. The van der Waals surface area contributed by atoms with Crippen molar-refractivity contribution in [1.82, 2.24) is 0 Å². The van der Waals surface area contributed by atoms with Gasteiger partial charge in [0.2, 0.25) is 6.79 Å². The van der Waals surface area contributed by atoms with Gasteiger partial charge in [0.15, 0.2) is 0 Å². The van der Waals surface area contributed by atoms with Crippen molar-refractivity contribution in [3.8, 4) is 0 Å². The molecule has 128 valence electrons. The molecule has 1 atom stereocenters. The van der Waals surface area contributed by atoms with E-state index in [1.165, 1.54) is 0 Å². The predicted octanol–water partition coefficient (Wildman–Crippen LogP) is 0.707. The van der Waals surface area contributed by atoms with Crippen molar-refractivity contribution >= 4 is 25.7 Å². The normalized spacial score (nSPS) is 12.6. The quantitative estimate of drug-likeness (QED) is 0.309. The Morgan fingerprint density at radius 1 is 1.14 bits per heavy atom. The fourth-order valence-corrected chi connectivity index (χ4v) is 2.23. The van der Waals surface area contributed by atoms with Gasteiger partial charge in [0, 0.05) is 6.42 Å². The molecule has 1 unspecified atom stereocenters. The van der Waals surface area contributed by atoms with Gasteiger partial charge >= 0.3 is 25.7 Å². The Labute approximate surface area is 126 Å². The fraction of sp³-hybridized carbons (Fsp3) is 0.727. The molecule has 0 saturated heterocycles. The minimum absolute atomic E-state index is 0.310. The summed E-state index contributed by atoms with van der Waals surface area (Å²) in [5, 5.41) is 8.80. The zero-order valence-electron chi connectivity index (χ0n) is 12.1. The summed E-state index contributed by atoms with van der Waals surface area (Å²) in [5.74, 6) is -3.66. The lowest BCUT2D eigenvalue weighted by atomic mass is 10.1. The smallest absolute Gasteiger partial charge is 0.481 e. The molecule has 0 fully saturated rings. The fourth-order valence-electron chi connectivity index (χ4n) is 1.31. The number of carbonyl (C=O) groups is 3. The average Bonchev–Trinajstić information content (AvgIpc) is 2.31. The standard InChI is InChI=1S/C11H19O10P/c1-7(2)21-11(15)20-6-19-9(12)4-3-8(10(13)14)5-22(16,17)18/h7-8H,3-6H2,1-2H3,(H,13,14)(H2,16,17,18). The first-order chi connectivity index (χ1) is 10.0. The lowest BCUT2D eigenvalue weighted by molar-refractivity contribution is -0.154. The Hall–Kier alpha value is -1.64. The van der Waals surface area contributed by atoms with Crippen LogP contribution in [0.3, 0.4) is 0 Å². The second-order valence-corrected chi connectivity index (χ2v) is 6.31. The maximum atomic E-state index is 11.3. The summed E-state index contributed by atoms with van der Waals surface area (Å²) in [6.45, 7) is 2.50. The first-order valence-corrected chi connectivity index (χ1v) is 8.07. The summed E-state index contributed by atoms with van der Waals surface area (Å²) in [7, 11) is -4.50. The molecule has 0 rings (SSSR count). The molecule has 0 aromatic carbocycles. The number of hydrogen-bond acceptors (Lipinski definition) is 7. The van der Waals surface area contributed by atoms with E-state index in [-0.39, 0.29) is 12.8 Å². The van der Waals surface area contributed by atoms with Crippen LogP contribution in [0.1, 0.15) is 26.7 Å². The molecule has 0 aliphatic heterocycles. The molecule has 0 aliphatic rings. The molecule has 0 bridgehead atoms. The maximum Gasteiger partial charge on any atom is 0.511 e. The highest BCUT2D eigenvalue weighted by molar-refractivity contribution is 7.51. The first kappa shape index (κ1) is 20.4. The van der Waals surface area contributed by atoms with Crippen molar-refractivity contribution in [3.05, 3.63) is 0 Å². The minimum atomic E-state index is -4.50. The van der Waals surface area contributed by atoms with Gasteiger partial charge in [-0.15, -0.1) is 0 Å². The van der Waals surface area contributed by atoms with Gasteiger partial charge < -0.3 is 29.1 Å². The van der Waals surface area contributed by atoms with Crippen molar-refractivity contribution in [2.45, 2.75) is 32.8 Å². The van der Waals surface area contributed by atoms with E-state index >= 15 is 0 Å². The van der Waals surface area contributed by atoms with Crippen LogP contribution in [0.5, 0.6) is 0 Å². The Morgan fingerprint density at radius 2 is 1.73 bits per heavy atom. The number of esters is 1. The highest BCUT2D eigenvalue weighted by Gasteiger charge is 2.27. The third kappa shape index (κ3) is 11.1. The summed E-state index contributed by atoms with van der Waals surface area (Å²) in [4.78, 5) is 50.5. The number of carboxylic acid groups (broad SMARTS) is 1. The van der Waals surface area contributed by atoms with Crippen LogP contribution in [-0.4, -0.2) is 52.0 Å². The summed E-state index contributed by atoms with van der Waals surface area (Å²) >= 11 is 0. The first-order valence-electron chi connectivity index (χ1n) is 6.27. The van der Waals surface area contributed by atoms with E-state index in [9.17, 15) is 18.9 Å². The van der Waals surface area contributed by atoms with E-state index in [1.807, 2.05) is 0 Å². The molecule has 0 radical (unpaired) electrons. The van der Waals surface area contributed by atoms with E-state index < -0.39 is 50.7 Å². The van der Waals surface area contributed by atoms with Gasteiger partial charge in [-0.2, -0.15) is 0 Å². The van der Waals surface area contributed by atoms with Gasteiger partial charge in [0.1, 0.15) is 0 Å². The Balaban J connectivity index is 4.08. The van der Waals surface area contributed by atoms with E-state index in [0.29, 0.717) is 0 Å². The van der Waals surface area contributed by atoms with Gasteiger partial charge in [0.25, 0.3) is 0 Å². The highest BCUT2D eigenvalue weighted by Crippen LogP contribution is 2.38. The zero-order chi connectivity index (χ0) is 17.3. The van der Waals surface area contributed by atoms with Crippen LogP contribution < -0.4 is 0 Å². The molecule has 3 N–H and O–H groups in total. The molecule has 0 amide bonds. The van der Waals surface area contributed by atoms with E-state index in [0.717, 1.165) is 0 Å². The Morgan fingerprint density at radius 3 is 2.18 bits per heavy atom. The van der Waals surface area contributed by atoms with Gasteiger partial charge in [-0.05, 0) is 20.3 Å². The number of ether oxygens (including phenoxy) is 3. The third-order valence-corrected chi connectivity index (χ3v) is 3.15. The van der Waals surface area contributed by atoms with Crippen LogP contribution in [0.25, 0.3) is 0 Å². The van der Waals surface area contributed by atoms with Gasteiger partial charge in [-0.3, -0.25) is 14.2 Å². The second kappa shape index (κ2) is 9.39. The van der Waals surface area contributed by atoms with Crippen molar-refractivity contribution in [3.63, 3.8) is 0 Å². The average molecular weight is 342 g/mol. The maximum absolute atomic E-state index is 11.3. The molecule has 0 aliphatic carbocycles. The molecule has 0 heterocycles. The Bertz CT molecular complexity index is 440. The van der Waals surface area contributed by atoms with Crippen molar-refractivity contribution in [2.75, 3.05) is 13.0 Å². The summed E-state index contributed by atoms with van der Waals surface area (Å²) in [6.07, 6.45) is -2.98.